The second-order valence-electron chi connectivity index (χ2n) is 5.74. The molecule has 122 valence electrons. The lowest BCUT2D eigenvalue weighted by molar-refractivity contribution is -0.00710. The number of pyridine rings is 1. The zero-order valence-corrected chi connectivity index (χ0v) is 13.3. The first-order chi connectivity index (χ1) is 11.0. The number of fused-ring (bicyclic) bond motifs is 1. The zero-order chi connectivity index (χ0) is 16.6. The lowest BCUT2D eigenvalue weighted by atomic mass is 9.99. The molecule has 0 saturated heterocycles. The largest absolute Gasteiger partial charge is 0.369 e. The molecule has 1 N–H and O–H groups in total. The van der Waals surface area contributed by atoms with Gasteiger partial charge in [-0.25, -0.2) is 4.39 Å². The van der Waals surface area contributed by atoms with Crippen molar-refractivity contribution in [1.29, 1.82) is 0 Å². The van der Waals surface area contributed by atoms with Crippen molar-refractivity contribution >= 4 is 5.91 Å². The molecular weight excluding hydrogens is 299 g/mol. The first-order valence-corrected chi connectivity index (χ1v) is 7.56. The van der Waals surface area contributed by atoms with E-state index in [1.54, 1.807) is 11.7 Å². The first-order valence-electron chi connectivity index (χ1n) is 7.56. The minimum Gasteiger partial charge on any atom is -0.369 e. The summed E-state index contributed by atoms with van der Waals surface area (Å²) >= 11 is 0. The van der Waals surface area contributed by atoms with Gasteiger partial charge in [0.15, 0.2) is 0 Å². The van der Waals surface area contributed by atoms with E-state index in [-0.39, 0.29) is 30.4 Å². The van der Waals surface area contributed by atoms with Gasteiger partial charge in [-0.15, -0.1) is 0 Å². The average molecular weight is 318 g/mol. The maximum Gasteiger partial charge on any atom is 0.270 e. The van der Waals surface area contributed by atoms with E-state index in [1.165, 1.54) is 18.3 Å². The monoisotopic (exact) mass is 318 g/mol. The fraction of sp³-hybridized carbons (Fsp3) is 0.438. The van der Waals surface area contributed by atoms with Crippen molar-refractivity contribution in [2.24, 2.45) is 7.05 Å². The van der Waals surface area contributed by atoms with Crippen LogP contribution in [-0.4, -0.2) is 26.8 Å². The van der Waals surface area contributed by atoms with E-state index in [0.717, 1.165) is 11.3 Å². The van der Waals surface area contributed by atoms with Crippen LogP contribution in [0.15, 0.2) is 18.3 Å². The molecule has 1 amide bonds. The molecule has 0 radical (unpaired) electrons. The van der Waals surface area contributed by atoms with Crippen molar-refractivity contribution in [1.82, 2.24) is 20.1 Å². The van der Waals surface area contributed by atoms with E-state index >= 15 is 0 Å². The number of carbonyl (C=O) groups is 1. The number of hydrogen-bond donors (Lipinski definition) is 1. The minimum atomic E-state index is -0.435. The van der Waals surface area contributed by atoms with Crippen LogP contribution in [0.25, 0.3) is 0 Å². The molecule has 0 aromatic carbocycles. The summed E-state index contributed by atoms with van der Waals surface area (Å²) < 4.78 is 20.9. The van der Waals surface area contributed by atoms with E-state index in [4.69, 9.17) is 4.74 Å². The predicted octanol–water partition coefficient (Wildman–Crippen LogP) is 1.91. The van der Waals surface area contributed by atoms with Crippen LogP contribution >= 0.6 is 0 Å². The Morgan fingerprint density at radius 2 is 2.30 bits per heavy atom. The van der Waals surface area contributed by atoms with Crippen molar-refractivity contribution in [3.05, 3.63) is 46.8 Å². The zero-order valence-electron chi connectivity index (χ0n) is 13.3. The van der Waals surface area contributed by atoms with Gasteiger partial charge in [-0.1, -0.05) is 0 Å². The van der Waals surface area contributed by atoms with Gasteiger partial charge in [0.1, 0.15) is 11.5 Å². The Morgan fingerprint density at radius 3 is 3.04 bits per heavy atom. The smallest absolute Gasteiger partial charge is 0.270 e. The summed E-state index contributed by atoms with van der Waals surface area (Å²) in [6, 6.07) is 2.84. The summed E-state index contributed by atoms with van der Waals surface area (Å²) in [6.07, 6.45) is 2.02. The predicted molar refractivity (Wildman–Crippen MR) is 81.2 cm³/mol. The van der Waals surface area contributed by atoms with E-state index in [2.05, 4.69) is 15.4 Å². The second kappa shape index (κ2) is 6.08. The third kappa shape index (κ3) is 2.96. The van der Waals surface area contributed by atoms with Crippen LogP contribution in [0.2, 0.25) is 0 Å². The quantitative estimate of drug-likeness (QED) is 0.938. The van der Waals surface area contributed by atoms with Crippen LogP contribution in [0.3, 0.4) is 0 Å². The lowest BCUT2D eigenvalue weighted by Crippen LogP contribution is -2.29. The molecule has 0 fully saturated rings. The maximum absolute atomic E-state index is 13.6. The number of aromatic nitrogens is 3. The Balaban J connectivity index is 1.82. The normalized spacial score (nSPS) is 20.2. The molecule has 0 saturated carbocycles. The topological polar surface area (TPSA) is 69.0 Å². The van der Waals surface area contributed by atoms with Crippen LogP contribution in [-0.2, 0) is 24.8 Å². The summed E-state index contributed by atoms with van der Waals surface area (Å²) in [5, 5.41) is 7.12. The fourth-order valence-electron chi connectivity index (χ4n) is 2.95. The molecule has 0 unspecified atom stereocenters. The van der Waals surface area contributed by atoms with Gasteiger partial charge in [0.05, 0.1) is 30.1 Å². The molecule has 1 aliphatic rings. The third-order valence-corrected chi connectivity index (χ3v) is 3.96. The molecule has 1 aliphatic heterocycles. The number of hydrogen-bond acceptors (Lipinski definition) is 4. The molecule has 2 aromatic rings. The Hall–Kier alpha value is -2.28. The van der Waals surface area contributed by atoms with Crippen LogP contribution in [0.4, 0.5) is 4.39 Å². The van der Waals surface area contributed by atoms with E-state index in [1.807, 2.05) is 13.8 Å². The highest BCUT2D eigenvalue weighted by molar-refractivity contribution is 5.94. The molecule has 23 heavy (non-hydrogen) atoms. The molecule has 0 spiro atoms. The van der Waals surface area contributed by atoms with Crippen LogP contribution in [0.1, 0.15) is 47.4 Å². The second-order valence-corrected chi connectivity index (χ2v) is 5.74. The SMILES string of the molecule is C[C@@H]1Cc2c(nn(C)c2C(=O)NCc2ncccc2F)[C@H](C)O1. The molecule has 6 nitrogen and oxygen atoms in total. The number of amides is 1. The molecule has 0 aliphatic carbocycles. The Bertz CT molecular complexity index is 744. The molecule has 3 rings (SSSR count). The number of aryl methyl sites for hydroxylation is 1. The van der Waals surface area contributed by atoms with Gasteiger partial charge in [0, 0.05) is 25.2 Å². The van der Waals surface area contributed by atoms with Gasteiger partial charge in [-0.05, 0) is 26.0 Å². The van der Waals surface area contributed by atoms with Gasteiger partial charge in [0.25, 0.3) is 5.91 Å². The first kappa shape index (κ1) is 15.6. The number of nitrogens with zero attached hydrogens (tertiary/aromatic N) is 3. The molecule has 7 heteroatoms. The summed E-state index contributed by atoms with van der Waals surface area (Å²) in [7, 11) is 1.73. The van der Waals surface area contributed by atoms with Gasteiger partial charge in [-0.3, -0.25) is 14.5 Å². The summed E-state index contributed by atoms with van der Waals surface area (Å²) in [5.74, 6) is -0.719. The van der Waals surface area contributed by atoms with Crippen molar-refractivity contribution in [3.8, 4) is 0 Å². The van der Waals surface area contributed by atoms with Crippen molar-refractivity contribution in [2.45, 2.75) is 39.0 Å². The number of halogens is 1. The third-order valence-electron chi connectivity index (χ3n) is 3.96. The Morgan fingerprint density at radius 1 is 1.52 bits per heavy atom. The van der Waals surface area contributed by atoms with Crippen molar-refractivity contribution < 1.29 is 13.9 Å². The van der Waals surface area contributed by atoms with Crippen molar-refractivity contribution in [2.75, 3.05) is 0 Å². The maximum atomic E-state index is 13.6. The summed E-state index contributed by atoms with van der Waals surface area (Å²) in [6.45, 7) is 3.93. The molecular formula is C16H19FN4O2. The summed E-state index contributed by atoms with van der Waals surface area (Å²) in [5.41, 5.74) is 2.40. The van der Waals surface area contributed by atoms with Gasteiger partial charge < -0.3 is 10.1 Å². The number of rotatable bonds is 3. The van der Waals surface area contributed by atoms with Crippen LogP contribution in [0, 0.1) is 5.82 Å². The fourth-order valence-corrected chi connectivity index (χ4v) is 2.95. The molecule has 2 aromatic heterocycles. The van der Waals surface area contributed by atoms with Gasteiger partial charge >= 0.3 is 0 Å². The van der Waals surface area contributed by atoms with Crippen LogP contribution in [0.5, 0.6) is 0 Å². The number of nitrogens with one attached hydrogen (secondary N) is 1. The minimum absolute atomic E-state index is 0.0292. The van der Waals surface area contributed by atoms with Crippen LogP contribution < -0.4 is 5.32 Å². The van der Waals surface area contributed by atoms with Gasteiger partial charge in [-0.2, -0.15) is 5.10 Å². The highest BCUT2D eigenvalue weighted by Crippen LogP contribution is 2.31. The number of carbonyl (C=O) groups excluding carboxylic acids is 1. The average Bonchev–Trinajstić information content (AvgIpc) is 2.83. The van der Waals surface area contributed by atoms with E-state index in [9.17, 15) is 9.18 Å². The molecule has 0 bridgehead atoms. The standard InChI is InChI=1S/C16H19FN4O2/c1-9-7-11-14(10(2)23-9)20-21(3)15(11)16(22)19-8-13-12(17)5-4-6-18-13/h4-6,9-10H,7-8H2,1-3H3,(H,19,22)/t9-,10+/m1/s1. The highest BCUT2D eigenvalue weighted by Gasteiger charge is 2.31. The summed E-state index contributed by atoms with van der Waals surface area (Å²) in [4.78, 5) is 16.5. The van der Waals surface area contributed by atoms with E-state index in [0.29, 0.717) is 12.1 Å². The highest BCUT2D eigenvalue weighted by atomic mass is 19.1. The Kier molecular flexibility index (Phi) is 4.12. The van der Waals surface area contributed by atoms with E-state index < -0.39 is 5.82 Å². The Labute approximate surface area is 133 Å². The lowest BCUT2D eigenvalue weighted by Gasteiger charge is -2.24. The van der Waals surface area contributed by atoms with Gasteiger partial charge in [0.2, 0.25) is 0 Å². The number of ether oxygens (including phenoxy) is 1. The molecule has 3 heterocycles. The molecule has 2 atom stereocenters. The van der Waals surface area contributed by atoms with Crippen molar-refractivity contribution in [3.63, 3.8) is 0 Å².